The molecule has 0 aliphatic carbocycles. The van der Waals surface area contributed by atoms with E-state index in [-0.39, 0.29) is 5.75 Å². The Kier molecular flexibility index (Phi) is 5.86. The fraction of sp³-hybridized carbons (Fsp3) is 0.400. The summed E-state index contributed by atoms with van der Waals surface area (Å²) in [7, 11) is -3.37. The number of unbranched alkanes of at least 4 members (excludes halogenated alkanes) is 1. The van der Waals surface area contributed by atoms with Crippen molar-refractivity contribution in [2.24, 2.45) is 0 Å². The van der Waals surface area contributed by atoms with Crippen molar-refractivity contribution in [2.75, 3.05) is 16.4 Å². The molecule has 0 aliphatic heterocycles. The van der Waals surface area contributed by atoms with E-state index in [0.29, 0.717) is 34.5 Å². The number of hydrogen-bond acceptors (Lipinski definition) is 2. The van der Waals surface area contributed by atoms with Gasteiger partial charge in [0.15, 0.2) is 0 Å². The van der Waals surface area contributed by atoms with Gasteiger partial charge in [0.2, 0.25) is 10.0 Å². The molecule has 0 atom stereocenters. The van der Waals surface area contributed by atoms with Crippen LogP contribution in [0.5, 0.6) is 0 Å². The summed E-state index contributed by atoms with van der Waals surface area (Å²) in [6, 6.07) is 4.55. The van der Waals surface area contributed by atoms with E-state index in [0.717, 1.165) is 0 Å². The zero-order chi connectivity index (χ0) is 12.9. The van der Waals surface area contributed by atoms with Gasteiger partial charge in [-0.2, -0.15) is 0 Å². The van der Waals surface area contributed by atoms with Crippen molar-refractivity contribution in [3.63, 3.8) is 0 Å². The third kappa shape index (κ3) is 5.82. The molecule has 1 aromatic carbocycles. The summed E-state index contributed by atoms with van der Waals surface area (Å²) in [5.74, 6) is 0.488. The van der Waals surface area contributed by atoms with Crippen LogP contribution in [0.25, 0.3) is 0 Å². The van der Waals surface area contributed by atoms with Gasteiger partial charge in [-0.3, -0.25) is 4.72 Å². The molecule has 0 heterocycles. The van der Waals surface area contributed by atoms with Gasteiger partial charge in [0, 0.05) is 15.9 Å². The molecule has 0 fully saturated rings. The van der Waals surface area contributed by atoms with Gasteiger partial charge in [-0.25, -0.2) is 8.42 Å². The van der Waals surface area contributed by atoms with Crippen molar-refractivity contribution in [1.29, 1.82) is 0 Å². The maximum Gasteiger partial charge on any atom is 0.232 e. The summed E-state index contributed by atoms with van der Waals surface area (Å²) < 4.78 is 25.7. The van der Waals surface area contributed by atoms with E-state index < -0.39 is 10.0 Å². The summed E-state index contributed by atoms with van der Waals surface area (Å²) in [4.78, 5) is 0. The van der Waals surface area contributed by atoms with Gasteiger partial charge in [0.05, 0.1) is 11.4 Å². The molecule has 1 rings (SSSR count). The van der Waals surface area contributed by atoms with E-state index in [9.17, 15) is 8.42 Å². The first kappa shape index (κ1) is 14.9. The van der Waals surface area contributed by atoms with Gasteiger partial charge in [-0.1, -0.05) is 23.2 Å². The predicted octanol–water partition coefficient (Wildman–Crippen LogP) is 3.75. The molecule has 0 radical (unpaired) electrons. The highest BCUT2D eigenvalue weighted by molar-refractivity contribution is 7.92. The molecule has 0 bridgehead atoms. The second-order valence-electron chi connectivity index (χ2n) is 3.48. The topological polar surface area (TPSA) is 46.2 Å². The molecule has 96 valence electrons. The second-order valence-corrected chi connectivity index (χ2v) is 6.57. The van der Waals surface area contributed by atoms with Crippen molar-refractivity contribution < 1.29 is 8.42 Å². The van der Waals surface area contributed by atoms with E-state index in [4.69, 9.17) is 34.8 Å². The first-order chi connectivity index (χ1) is 7.93. The fourth-order valence-electron chi connectivity index (χ4n) is 1.23. The molecule has 0 spiro atoms. The molecule has 0 unspecified atom stereocenters. The lowest BCUT2D eigenvalue weighted by molar-refractivity contribution is 0.598. The van der Waals surface area contributed by atoms with Crippen LogP contribution in [0.15, 0.2) is 18.2 Å². The standard InChI is InChI=1S/C10H12Cl3NO2S/c11-3-1-2-4-17(15,16)14-10-6-8(12)5-9(13)7-10/h5-7,14H,1-4H2. The smallest absolute Gasteiger partial charge is 0.232 e. The first-order valence-electron chi connectivity index (χ1n) is 4.95. The number of alkyl halides is 1. The number of anilines is 1. The van der Waals surface area contributed by atoms with Crippen LogP contribution in [0.3, 0.4) is 0 Å². The van der Waals surface area contributed by atoms with Crippen molar-refractivity contribution in [3.8, 4) is 0 Å². The third-order valence-corrected chi connectivity index (χ3v) is 4.01. The monoisotopic (exact) mass is 315 g/mol. The highest BCUT2D eigenvalue weighted by atomic mass is 35.5. The molecule has 3 nitrogen and oxygen atoms in total. The van der Waals surface area contributed by atoms with Gasteiger partial charge in [0.25, 0.3) is 0 Å². The van der Waals surface area contributed by atoms with E-state index in [1.165, 1.54) is 18.2 Å². The van der Waals surface area contributed by atoms with Crippen molar-refractivity contribution >= 4 is 50.5 Å². The molecular formula is C10H12Cl3NO2S. The third-order valence-electron chi connectivity index (χ3n) is 1.93. The largest absolute Gasteiger partial charge is 0.283 e. The van der Waals surface area contributed by atoms with E-state index >= 15 is 0 Å². The number of sulfonamides is 1. The summed E-state index contributed by atoms with van der Waals surface area (Å²) >= 11 is 17.0. The summed E-state index contributed by atoms with van der Waals surface area (Å²) in [5, 5.41) is 0.770. The Morgan fingerprint density at radius 2 is 1.65 bits per heavy atom. The van der Waals surface area contributed by atoms with E-state index in [2.05, 4.69) is 4.72 Å². The Bertz CT molecular complexity index is 456. The summed E-state index contributed by atoms with van der Waals surface area (Å²) in [6.45, 7) is 0. The van der Waals surface area contributed by atoms with Crippen LogP contribution in [0.1, 0.15) is 12.8 Å². The minimum Gasteiger partial charge on any atom is -0.283 e. The second kappa shape index (κ2) is 6.69. The van der Waals surface area contributed by atoms with Gasteiger partial charge in [0.1, 0.15) is 0 Å². The molecular weight excluding hydrogens is 305 g/mol. The molecule has 1 aromatic rings. The van der Waals surface area contributed by atoms with Crippen LogP contribution in [0.4, 0.5) is 5.69 Å². The SMILES string of the molecule is O=S(=O)(CCCCCl)Nc1cc(Cl)cc(Cl)c1. The molecule has 0 saturated heterocycles. The molecule has 0 saturated carbocycles. The van der Waals surface area contributed by atoms with Crippen molar-refractivity contribution in [1.82, 2.24) is 0 Å². The molecule has 17 heavy (non-hydrogen) atoms. The quantitative estimate of drug-likeness (QED) is 0.641. The maximum absolute atomic E-state index is 11.7. The zero-order valence-electron chi connectivity index (χ0n) is 8.92. The molecule has 0 aliphatic rings. The molecule has 0 amide bonds. The van der Waals surface area contributed by atoms with Crippen LogP contribution in [-0.2, 0) is 10.0 Å². The minimum absolute atomic E-state index is 0.0316. The van der Waals surface area contributed by atoms with Crippen LogP contribution in [0, 0.1) is 0 Å². The van der Waals surface area contributed by atoms with Gasteiger partial charge >= 0.3 is 0 Å². The van der Waals surface area contributed by atoms with Crippen LogP contribution in [-0.4, -0.2) is 20.1 Å². The highest BCUT2D eigenvalue weighted by Crippen LogP contribution is 2.23. The lowest BCUT2D eigenvalue weighted by atomic mass is 10.3. The van der Waals surface area contributed by atoms with E-state index in [1.54, 1.807) is 0 Å². The maximum atomic E-state index is 11.7. The minimum atomic E-state index is -3.37. The summed E-state index contributed by atoms with van der Waals surface area (Å²) in [6.07, 6.45) is 1.19. The first-order valence-corrected chi connectivity index (χ1v) is 7.90. The van der Waals surface area contributed by atoms with Crippen molar-refractivity contribution in [3.05, 3.63) is 28.2 Å². The Morgan fingerprint density at radius 3 is 2.18 bits per heavy atom. The average molecular weight is 317 g/mol. The number of rotatable bonds is 6. The Labute approximate surface area is 116 Å². The van der Waals surface area contributed by atoms with Crippen molar-refractivity contribution in [2.45, 2.75) is 12.8 Å². The number of nitrogens with one attached hydrogen (secondary N) is 1. The number of halogens is 3. The number of hydrogen-bond donors (Lipinski definition) is 1. The molecule has 1 N–H and O–H groups in total. The van der Waals surface area contributed by atoms with Crippen LogP contribution >= 0.6 is 34.8 Å². The lowest BCUT2D eigenvalue weighted by Gasteiger charge is -2.08. The number of benzene rings is 1. The van der Waals surface area contributed by atoms with Gasteiger partial charge in [-0.05, 0) is 31.0 Å². The Hall–Kier alpha value is -0.160. The summed E-state index contributed by atoms with van der Waals surface area (Å²) in [5.41, 5.74) is 0.369. The highest BCUT2D eigenvalue weighted by Gasteiger charge is 2.10. The lowest BCUT2D eigenvalue weighted by Crippen LogP contribution is -2.16. The normalized spacial score (nSPS) is 11.5. The Balaban J connectivity index is 2.69. The van der Waals surface area contributed by atoms with E-state index in [1.807, 2.05) is 0 Å². The predicted molar refractivity (Wildman–Crippen MR) is 73.8 cm³/mol. The van der Waals surface area contributed by atoms with Crippen LogP contribution in [0.2, 0.25) is 10.0 Å². The van der Waals surface area contributed by atoms with Crippen LogP contribution < -0.4 is 4.72 Å². The fourth-order valence-corrected chi connectivity index (χ4v) is 3.11. The Morgan fingerprint density at radius 1 is 1.06 bits per heavy atom. The van der Waals surface area contributed by atoms with Gasteiger partial charge < -0.3 is 0 Å². The van der Waals surface area contributed by atoms with Gasteiger partial charge in [-0.15, -0.1) is 11.6 Å². The average Bonchev–Trinajstić information content (AvgIpc) is 2.14. The molecule has 7 heteroatoms. The zero-order valence-corrected chi connectivity index (χ0v) is 12.0. The molecule has 0 aromatic heterocycles.